The number of carbonyl (C=O) groups excluding carboxylic acids is 1. The van der Waals surface area contributed by atoms with Gasteiger partial charge in [-0.05, 0) is 30.0 Å². The SMILES string of the molecule is COCCCNC(=O)COc1cccc(C(C)C)c1. The minimum atomic E-state index is -0.106. The van der Waals surface area contributed by atoms with E-state index >= 15 is 0 Å². The summed E-state index contributed by atoms with van der Waals surface area (Å²) < 4.78 is 10.4. The number of ether oxygens (including phenoxy) is 2. The van der Waals surface area contributed by atoms with Gasteiger partial charge in [-0.25, -0.2) is 0 Å². The Kier molecular flexibility index (Phi) is 6.97. The number of methoxy groups -OCH3 is 1. The summed E-state index contributed by atoms with van der Waals surface area (Å²) in [7, 11) is 1.65. The van der Waals surface area contributed by atoms with Crippen LogP contribution in [0.2, 0.25) is 0 Å². The topological polar surface area (TPSA) is 47.6 Å². The number of amides is 1. The van der Waals surface area contributed by atoms with Crippen molar-refractivity contribution < 1.29 is 14.3 Å². The quantitative estimate of drug-likeness (QED) is 0.734. The standard InChI is InChI=1S/C15H23NO3/c1-12(2)13-6-4-7-14(10-13)19-11-15(17)16-8-5-9-18-3/h4,6-7,10,12H,5,8-9,11H2,1-3H3,(H,16,17). The molecular weight excluding hydrogens is 242 g/mol. The summed E-state index contributed by atoms with van der Waals surface area (Å²) in [5.41, 5.74) is 1.21. The summed E-state index contributed by atoms with van der Waals surface area (Å²) in [5, 5.41) is 2.78. The molecule has 0 atom stereocenters. The van der Waals surface area contributed by atoms with Gasteiger partial charge in [-0.1, -0.05) is 26.0 Å². The molecule has 1 amide bonds. The van der Waals surface area contributed by atoms with E-state index < -0.39 is 0 Å². The van der Waals surface area contributed by atoms with Crippen molar-refractivity contribution in [1.82, 2.24) is 5.32 Å². The van der Waals surface area contributed by atoms with Crippen LogP contribution in [0.3, 0.4) is 0 Å². The van der Waals surface area contributed by atoms with Crippen LogP contribution < -0.4 is 10.1 Å². The van der Waals surface area contributed by atoms with Crippen molar-refractivity contribution in [2.45, 2.75) is 26.2 Å². The van der Waals surface area contributed by atoms with Gasteiger partial charge in [-0.15, -0.1) is 0 Å². The molecule has 0 aromatic heterocycles. The fourth-order valence-corrected chi connectivity index (χ4v) is 1.61. The fraction of sp³-hybridized carbons (Fsp3) is 0.533. The molecule has 1 rings (SSSR count). The predicted octanol–water partition coefficient (Wildman–Crippen LogP) is 2.34. The molecule has 0 saturated heterocycles. The Morgan fingerprint density at radius 2 is 2.16 bits per heavy atom. The van der Waals surface area contributed by atoms with Gasteiger partial charge in [-0.3, -0.25) is 4.79 Å². The molecule has 0 bridgehead atoms. The normalized spacial score (nSPS) is 10.5. The summed E-state index contributed by atoms with van der Waals surface area (Å²) in [4.78, 5) is 11.5. The molecule has 0 heterocycles. The van der Waals surface area contributed by atoms with Crippen molar-refractivity contribution in [1.29, 1.82) is 0 Å². The first-order valence-electron chi connectivity index (χ1n) is 6.62. The van der Waals surface area contributed by atoms with Gasteiger partial charge < -0.3 is 14.8 Å². The second-order valence-corrected chi connectivity index (χ2v) is 4.71. The van der Waals surface area contributed by atoms with E-state index in [-0.39, 0.29) is 12.5 Å². The molecule has 0 saturated carbocycles. The van der Waals surface area contributed by atoms with Gasteiger partial charge in [0.1, 0.15) is 5.75 Å². The maximum absolute atomic E-state index is 11.5. The maximum atomic E-state index is 11.5. The zero-order valence-electron chi connectivity index (χ0n) is 11.9. The Bertz CT molecular complexity index is 391. The lowest BCUT2D eigenvalue weighted by atomic mass is 10.0. The number of carbonyl (C=O) groups is 1. The molecule has 19 heavy (non-hydrogen) atoms. The predicted molar refractivity (Wildman–Crippen MR) is 75.5 cm³/mol. The molecule has 1 N–H and O–H groups in total. The smallest absolute Gasteiger partial charge is 0.257 e. The Morgan fingerprint density at radius 1 is 1.37 bits per heavy atom. The number of hydrogen-bond acceptors (Lipinski definition) is 3. The van der Waals surface area contributed by atoms with E-state index in [1.807, 2.05) is 18.2 Å². The molecule has 0 aliphatic rings. The average molecular weight is 265 g/mol. The van der Waals surface area contributed by atoms with E-state index in [0.29, 0.717) is 19.1 Å². The lowest BCUT2D eigenvalue weighted by molar-refractivity contribution is -0.123. The minimum Gasteiger partial charge on any atom is -0.484 e. The Morgan fingerprint density at radius 3 is 2.84 bits per heavy atom. The zero-order chi connectivity index (χ0) is 14.1. The Labute approximate surface area is 115 Å². The maximum Gasteiger partial charge on any atom is 0.257 e. The van der Waals surface area contributed by atoms with Gasteiger partial charge in [-0.2, -0.15) is 0 Å². The first kappa shape index (κ1) is 15.5. The molecule has 0 fully saturated rings. The van der Waals surface area contributed by atoms with Crippen LogP contribution in [0.15, 0.2) is 24.3 Å². The molecule has 0 spiro atoms. The third kappa shape index (κ3) is 6.25. The van der Waals surface area contributed by atoms with Crippen LogP contribution in [0.25, 0.3) is 0 Å². The highest BCUT2D eigenvalue weighted by Gasteiger charge is 2.04. The van der Waals surface area contributed by atoms with Crippen LogP contribution in [0.1, 0.15) is 31.7 Å². The number of nitrogens with one attached hydrogen (secondary N) is 1. The van der Waals surface area contributed by atoms with Crippen molar-refractivity contribution in [2.75, 3.05) is 26.9 Å². The first-order chi connectivity index (χ1) is 9.13. The molecule has 1 aromatic carbocycles. The monoisotopic (exact) mass is 265 g/mol. The molecule has 0 radical (unpaired) electrons. The first-order valence-corrected chi connectivity index (χ1v) is 6.62. The van der Waals surface area contributed by atoms with Gasteiger partial charge in [0.15, 0.2) is 6.61 Å². The average Bonchev–Trinajstić information content (AvgIpc) is 2.41. The molecule has 0 aliphatic carbocycles. The minimum absolute atomic E-state index is 0.0501. The summed E-state index contributed by atoms with van der Waals surface area (Å²) in [6.07, 6.45) is 0.811. The molecule has 106 valence electrons. The fourth-order valence-electron chi connectivity index (χ4n) is 1.61. The van der Waals surface area contributed by atoms with Crippen molar-refractivity contribution >= 4 is 5.91 Å². The molecule has 0 unspecified atom stereocenters. The lowest BCUT2D eigenvalue weighted by Gasteiger charge is -2.10. The van der Waals surface area contributed by atoms with Crippen LogP contribution >= 0.6 is 0 Å². The third-order valence-corrected chi connectivity index (χ3v) is 2.74. The Balaban J connectivity index is 2.31. The summed E-state index contributed by atoms with van der Waals surface area (Å²) >= 11 is 0. The van der Waals surface area contributed by atoms with E-state index in [0.717, 1.165) is 12.2 Å². The summed E-state index contributed by atoms with van der Waals surface area (Å²) in [5.74, 6) is 1.08. The number of hydrogen-bond donors (Lipinski definition) is 1. The van der Waals surface area contributed by atoms with Crippen LogP contribution in [-0.2, 0) is 9.53 Å². The molecule has 1 aromatic rings. The van der Waals surface area contributed by atoms with Crippen LogP contribution in [-0.4, -0.2) is 32.8 Å². The van der Waals surface area contributed by atoms with Gasteiger partial charge >= 0.3 is 0 Å². The van der Waals surface area contributed by atoms with E-state index in [4.69, 9.17) is 9.47 Å². The number of rotatable bonds is 8. The number of benzene rings is 1. The second-order valence-electron chi connectivity index (χ2n) is 4.71. The molecule has 4 heteroatoms. The summed E-state index contributed by atoms with van der Waals surface area (Å²) in [6.45, 7) is 5.57. The second kappa shape index (κ2) is 8.53. The van der Waals surface area contributed by atoms with Crippen LogP contribution in [0.4, 0.5) is 0 Å². The van der Waals surface area contributed by atoms with Crippen molar-refractivity contribution in [2.24, 2.45) is 0 Å². The van der Waals surface area contributed by atoms with Gasteiger partial charge in [0, 0.05) is 20.3 Å². The van der Waals surface area contributed by atoms with Crippen LogP contribution in [0, 0.1) is 0 Å². The zero-order valence-corrected chi connectivity index (χ0v) is 11.9. The van der Waals surface area contributed by atoms with Gasteiger partial charge in [0.25, 0.3) is 5.91 Å². The molecular formula is C15H23NO3. The highest BCUT2D eigenvalue weighted by atomic mass is 16.5. The van der Waals surface area contributed by atoms with Crippen LogP contribution in [0.5, 0.6) is 5.75 Å². The van der Waals surface area contributed by atoms with E-state index in [9.17, 15) is 4.79 Å². The largest absolute Gasteiger partial charge is 0.484 e. The van der Waals surface area contributed by atoms with Crippen molar-refractivity contribution in [3.8, 4) is 5.75 Å². The molecule has 0 aliphatic heterocycles. The summed E-state index contributed by atoms with van der Waals surface area (Å²) in [6, 6.07) is 7.84. The van der Waals surface area contributed by atoms with E-state index in [2.05, 4.69) is 25.2 Å². The van der Waals surface area contributed by atoms with E-state index in [1.165, 1.54) is 5.56 Å². The van der Waals surface area contributed by atoms with Gasteiger partial charge in [0.05, 0.1) is 0 Å². The third-order valence-electron chi connectivity index (χ3n) is 2.74. The van der Waals surface area contributed by atoms with Crippen molar-refractivity contribution in [3.63, 3.8) is 0 Å². The van der Waals surface area contributed by atoms with Crippen molar-refractivity contribution in [3.05, 3.63) is 29.8 Å². The highest BCUT2D eigenvalue weighted by molar-refractivity contribution is 5.77. The Hall–Kier alpha value is -1.55. The molecule has 4 nitrogen and oxygen atoms in total. The van der Waals surface area contributed by atoms with E-state index in [1.54, 1.807) is 7.11 Å². The van der Waals surface area contributed by atoms with Gasteiger partial charge in [0.2, 0.25) is 0 Å². The highest BCUT2D eigenvalue weighted by Crippen LogP contribution is 2.19. The lowest BCUT2D eigenvalue weighted by Crippen LogP contribution is -2.30.